The molecule has 3 heterocycles. The fourth-order valence-electron chi connectivity index (χ4n) is 2.24. The lowest BCUT2D eigenvalue weighted by molar-refractivity contribution is 0.136. The number of rotatable bonds is 4. The molecule has 0 unspecified atom stereocenters. The predicted molar refractivity (Wildman–Crippen MR) is 81.0 cm³/mol. The summed E-state index contributed by atoms with van der Waals surface area (Å²) in [4.78, 5) is 0. The van der Waals surface area contributed by atoms with Crippen LogP contribution in [0.4, 0.5) is 0 Å². The van der Waals surface area contributed by atoms with Crippen LogP contribution in [-0.2, 0) is 10.0 Å². The van der Waals surface area contributed by atoms with Crippen molar-refractivity contribution in [3.63, 3.8) is 0 Å². The van der Waals surface area contributed by atoms with Gasteiger partial charge in [0.1, 0.15) is 16.1 Å². The lowest BCUT2D eigenvalue weighted by atomic mass is 10.1. The molecule has 0 saturated carbocycles. The molecule has 108 valence electrons. The second kappa shape index (κ2) is 5.85. The van der Waals surface area contributed by atoms with E-state index in [-0.39, 0.29) is 6.10 Å². The molecule has 1 aliphatic rings. The Morgan fingerprint density at radius 3 is 2.60 bits per heavy atom. The van der Waals surface area contributed by atoms with Gasteiger partial charge in [-0.3, -0.25) is 0 Å². The second-order valence-corrected chi connectivity index (χ2v) is 8.50. The van der Waals surface area contributed by atoms with E-state index in [0.29, 0.717) is 17.3 Å². The summed E-state index contributed by atoms with van der Waals surface area (Å²) in [5, 5.41) is 5.74. The predicted octanol–water partition coefficient (Wildman–Crippen LogP) is 3.04. The molecule has 1 fully saturated rings. The maximum Gasteiger partial charge on any atom is 0.252 e. The van der Waals surface area contributed by atoms with E-state index in [2.05, 4.69) is 0 Å². The van der Waals surface area contributed by atoms with Crippen LogP contribution in [0.3, 0.4) is 0 Å². The average molecular weight is 329 g/mol. The van der Waals surface area contributed by atoms with Gasteiger partial charge in [-0.1, -0.05) is 6.07 Å². The van der Waals surface area contributed by atoms with Gasteiger partial charge in [0.25, 0.3) is 10.0 Å². The largest absolute Gasteiger partial charge is 0.489 e. The molecule has 2 aromatic heterocycles. The smallest absolute Gasteiger partial charge is 0.252 e. The molecule has 7 heteroatoms. The standard InChI is InChI=1S/C13H15NO3S3/c15-20(16,13-2-1-8-19-13)14-6-3-11(4-7-14)17-12-5-9-18-10-12/h1-2,5,8-11H,3-4,6-7H2. The van der Waals surface area contributed by atoms with E-state index in [0.717, 1.165) is 18.6 Å². The average Bonchev–Trinajstić information content (AvgIpc) is 3.12. The number of sulfonamides is 1. The van der Waals surface area contributed by atoms with Crippen molar-refractivity contribution in [2.45, 2.75) is 23.2 Å². The van der Waals surface area contributed by atoms with Crippen molar-refractivity contribution < 1.29 is 13.2 Å². The zero-order chi connectivity index (χ0) is 14.0. The van der Waals surface area contributed by atoms with E-state index in [4.69, 9.17) is 4.74 Å². The second-order valence-electron chi connectivity index (χ2n) is 4.61. The Bertz CT molecular complexity index is 626. The Morgan fingerprint density at radius 2 is 2.00 bits per heavy atom. The maximum atomic E-state index is 12.4. The lowest BCUT2D eigenvalue weighted by Gasteiger charge is -2.30. The van der Waals surface area contributed by atoms with Crippen LogP contribution in [0.15, 0.2) is 38.5 Å². The number of thiophene rings is 2. The third kappa shape index (κ3) is 2.90. The van der Waals surface area contributed by atoms with Crippen LogP contribution in [0.5, 0.6) is 5.75 Å². The normalized spacial score (nSPS) is 18.2. The zero-order valence-corrected chi connectivity index (χ0v) is 13.2. The van der Waals surface area contributed by atoms with Gasteiger partial charge in [-0.05, 0) is 35.7 Å². The molecule has 1 saturated heterocycles. The summed E-state index contributed by atoms with van der Waals surface area (Å²) in [6.45, 7) is 1.05. The zero-order valence-electron chi connectivity index (χ0n) is 10.8. The third-order valence-corrected chi connectivity index (χ3v) is 7.22. The van der Waals surface area contributed by atoms with Gasteiger partial charge in [0.2, 0.25) is 0 Å². The van der Waals surface area contributed by atoms with Crippen LogP contribution < -0.4 is 4.74 Å². The van der Waals surface area contributed by atoms with Crippen LogP contribution in [-0.4, -0.2) is 31.9 Å². The summed E-state index contributed by atoms with van der Waals surface area (Å²) in [6, 6.07) is 5.37. The van der Waals surface area contributed by atoms with Crippen LogP contribution in [0, 0.1) is 0 Å². The van der Waals surface area contributed by atoms with E-state index in [9.17, 15) is 8.42 Å². The number of piperidine rings is 1. The van der Waals surface area contributed by atoms with Crippen LogP contribution in [0.2, 0.25) is 0 Å². The van der Waals surface area contributed by atoms with Gasteiger partial charge >= 0.3 is 0 Å². The molecular formula is C13H15NO3S3. The summed E-state index contributed by atoms with van der Waals surface area (Å²) >= 11 is 2.87. The Balaban J connectivity index is 1.61. The van der Waals surface area contributed by atoms with E-state index < -0.39 is 10.0 Å². The SMILES string of the molecule is O=S(=O)(c1cccs1)N1CCC(Oc2ccsc2)CC1. The van der Waals surface area contributed by atoms with Gasteiger partial charge in [0, 0.05) is 18.5 Å². The molecule has 0 atom stereocenters. The minimum atomic E-state index is -3.31. The van der Waals surface area contributed by atoms with Gasteiger partial charge in [-0.15, -0.1) is 22.7 Å². The van der Waals surface area contributed by atoms with Crippen molar-refractivity contribution in [2.75, 3.05) is 13.1 Å². The number of hydrogen-bond acceptors (Lipinski definition) is 5. The summed E-state index contributed by atoms with van der Waals surface area (Å²) in [7, 11) is -3.31. The maximum absolute atomic E-state index is 12.4. The first-order valence-electron chi connectivity index (χ1n) is 6.39. The lowest BCUT2D eigenvalue weighted by Crippen LogP contribution is -2.41. The highest BCUT2D eigenvalue weighted by molar-refractivity contribution is 7.91. The van der Waals surface area contributed by atoms with Crippen molar-refractivity contribution in [1.82, 2.24) is 4.31 Å². The van der Waals surface area contributed by atoms with Crippen molar-refractivity contribution in [2.24, 2.45) is 0 Å². The molecule has 0 bridgehead atoms. The van der Waals surface area contributed by atoms with Crippen molar-refractivity contribution in [3.8, 4) is 5.75 Å². The molecule has 0 spiro atoms. The van der Waals surface area contributed by atoms with Crippen LogP contribution in [0.1, 0.15) is 12.8 Å². The molecule has 20 heavy (non-hydrogen) atoms. The fourth-order valence-corrected chi connectivity index (χ4v) is 5.41. The van der Waals surface area contributed by atoms with Crippen molar-refractivity contribution in [1.29, 1.82) is 0 Å². The molecule has 3 rings (SSSR count). The van der Waals surface area contributed by atoms with Crippen LogP contribution >= 0.6 is 22.7 Å². The van der Waals surface area contributed by atoms with E-state index in [1.54, 1.807) is 33.2 Å². The molecule has 0 N–H and O–H groups in total. The Kier molecular flexibility index (Phi) is 4.11. The third-order valence-electron chi connectivity index (χ3n) is 3.29. The molecule has 2 aromatic rings. The van der Waals surface area contributed by atoms with Crippen molar-refractivity contribution in [3.05, 3.63) is 34.3 Å². The summed E-state index contributed by atoms with van der Waals surface area (Å²) in [5.41, 5.74) is 0. The summed E-state index contributed by atoms with van der Waals surface area (Å²) in [6.07, 6.45) is 1.58. The molecule has 0 aromatic carbocycles. The monoisotopic (exact) mass is 329 g/mol. The highest BCUT2D eigenvalue weighted by Gasteiger charge is 2.30. The first-order valence-corrected chi connectivity index (χ1v) is 9.65. The van der Waals surface area contributed by atoms with E-state index >= 15 is 0 Å². The Hall–Kier alpha value is -0.890. The summed E-state index contributed by atoms with van der Waals surface area (Å²) in [5.74, 6) is 0.884. The Labute approximate surface area is 126 Å². The minimum Gasteiger partial charge on any atom is -0.489 e. The van der Waals surface area contributed by atoms with Gasteiger partial charge in [-0.25, -0.2) is 8.42 Å². The van der Waals surface area contributed by atoms with E-state index in [1.807, 2.05) is 16.8 Å². The minimum absolute atomic E-state index is 0.111. The number of ether oxygens (including phenoxy) is 1. The molecule has 1 aliphatic heterocycles. The first-order chi connectivity index (χ1) is 9.66. The number of hydrogen-bond donors (Lipinski definition) is 0. The quantitative estimate of drug-likeness (QED) is 0.866. The fraction of sp³-hybridized carbons (Fsp3) is 0.385. The van der Waals surface area contributed by atoms with Gasteiger partial charge in [0.05, 0.1) is 0 Å². The van der Waals surface area contributed by atoms with Gasteiger partial charge < -0.3 is 4.74 Å². The van der Waals surface area contributed by atoms with Crippen molar-refractivity contribution >= 4 is 32.7 Å². The molecule has 4 nitrogen and oxygen atoms in total. The molecule has 0 radical (unpaired) electrons. The van der Waals surface area contributed by atoms with Gasteiger partial charge in [0.15, 0.2) is 0 Å². The van der Waals surface area contributed by atoms with Crippen LogP contribution in [0.25, 0.3) is 0 Å². The topological polar surface area (TPSA) is 46.6 Å². The summed E-state index contributed by atoms with van der Waals surface area (Å²) < 4.78 is 32.6. The highest BCUT2D eigenvalue weighted by atomic mass is 32.2. The Morgan fingerprint density at radius 1 is 1.20 bits per heavy atom. The molecule has 0 aliphatic carbocycles. The highest BCUT2D eigenvalue weighted by Crippen LogP contribution is 2.26. The molecule has 0 amide bonds. The molecular weight excluding hydrogens is 314 g/mol. The van der Waals surface area contributed by atoms with Gasteiger partial charge in [-0.2, -0.15) is 4.31 Å². The first kappa shape index (κ1) is 14.1. The number of nitrogens with zero attached hydrogens (tertiary/aromatic N) is 1. The van der Waals surface area contributed by atoms with E-state index in [1.165, 1.54) is 11.3 Å².